The molecule has 0 unspecified atom stereocenters. The lowest BCUT2D eigenvalue weighted by molar-refractivity contribution is -0.144. The summed E-state index contributed by atoms with van der Waals surface area (Å²) in [5, 5.41) is 0.600. The normalized spacial score (nSPS) is 16.2. The summed E-state index contributed by atoms with van der Waals surface area (Å²) in [7, 11) is 0. The lowest BCUT2D eigenvalue weighted by atomic mass is 10.2. The Morgan fingerprint density at radius 3 is 2.41 bits per heavy atom. The molecule has 1 aliphatic rings. The Bertz CT molecular complexity index is 1010. The molecule has 0 spiro atoms. The molecule has 1 aliphatic heterocycles. The van der Waals surface area contributed by atoms with Gasteiger partial charge in [0.2, 0.25) is 5.82 Å². The molecule has 4 rings (SSSR count). The second-order valence-corrected chi connectivity index (χ2v) is 7.09. The van der Waals surface area contributed by atoms with Gasteiger partial charge in [-0.3, -0.25) is 4.90 Å². The van der Waals surface area contributed by atoms with Gasteiger partial charge in [0, 0.05) is 43.7 Å². The number of benzene rings is 2. The van der Waals surface area contributed by atoms with Crippen LogP contribution >= 0.6 is 0 Å². The maximum atomic E-state index is 14.0. The van der Waals surface area contributed by atoms with Crippen LogP contribution in [0.3, 0.4) is 0 Å². The molecule has 0 N–H and O–H groups in total. The van der Waals surface area contributed by atoms with Crippen molar-refractivity contribution in [2.24, 2.45) is 0 Å². The molecule has 0 aliphatic carbocycles. The van der Waals surface area contributed by atoms with Crippen molar-refractivity contribution in [2.75, 3.05) is 31.1 Å². The SMILES string of the molecule is Fc1ccccc1CN1CCCN(c2nc(C(F)(F)F)nc3ccccc23)CC1. The zero-order valence-electron chi connectivity index (χ0n) is 15.7. The van der Waals surface area contributed by atoms with Crippen molar-refractivity contribution in [1.82, 2.24) is 14.9 Å². The molecule has 0 radical (unpaired) electrons. The number of halogens is 4. The summed E-state index contributed by atoms with van der Waals surface area (Å²) in [6, 6.07) is 13.4. The molecule has 0 atom stereocenters. The molecule has 152 valence electrons. The highest BCUT2D eigenvalue weighted by atomic mass is 19.4. The monoisotopic (exact) mass is 404 g/mol. The molecule has 1 fully saturated rings. The largest absolute Gasteiger partial charge is 0.451 e. The van der Waals surface area contributed by atoms with Crippen LogP contribution in [0.2, 0.25) is 0 Å². The first-order valence-corrected chi connectivity index (χ1v) is 9.46. The minimum Gasteiger partial charge on any atom is -0.355 e. The topological polar surface area (TPSA) is 32.3 Å². The number of rotatable bonds is 3. The zero-order chi connectivity index (χ0) is 20.4. The number of hydrogen-bond donors (Lipinski definition) is 0. The van der Waals surface area contributed by atoms with Crippen LogP contribution in [-0.2, 0) is 12.7 Å². The van der Waals surface area contributed by atoms with Crippen LogP contribution in [0.25, 0.3) is 10.9 Å². The van der Waals surface area contributed by atoms with Crippen LogP contribution in [0, 0.1) is 5.82 Å². The fraction of sp³-hybridized carbons (Fsp3) is 0.333. The number of nitrogens with zero attached hydrogens (tertiary/aromatic N) is 4. The molecule has 3 aromatic rings. The van der Waals surface area contributed by atoms with Gasteiger partial charge in [-0.1, -0.05) is 30.3 Å². The van der Waals surface area contributed by atoms with Crippen LogP contribution in [0.1, 0.15) is 17.8 Å². The average Bonchev–Trinajstić information content (AvgIpc) is 2.94. The summed E-state index contributed by atoms with van der Waals surface area (Å²) in [5.41, 5.74) is 0.894. The lowest BCUT2D eigenvalue weighted by Crippen LogP contribution is -2.31. The van der Waals surface area contributed by atoms with Gasteiger partial charge in [-0.25, -0.2) is 14.4 Å². The second-order valence-electron chi connectivity index (χ2n) is 7.09. The van der Waals surface area contributed by atoms with Gasteiger partial charge in [0.1, 0.15) is 11.6 Å². The zero-order valence-corrected chi connectivity index (χ0v) is 15.7. The van der Waals surface area contributed by atoms with Crippen LogP contribution < -0.4 is 4.90 Å². The van der Waals surface area contributed by atoms with Crippen LogP contribution in [0.15, 0.2) is 48.5 Å². The molecular formula is C21H20F4N4. The number of alkyl halides is 3. The summed E-state index contributed by atoms with van der Waals surface area (Å²) >= 11 is 0. The maximum absolute atomic E-state index is 14.0. The smallest absolute Gasteiger partial charge is 0.355 e. The van der Waals surface area contributed by atoms with E-state index in [0.717, 1.165) is 13.0 Å². The molecule has 0 bridgehead atoms. The maximum Gasteiger partial charge on any atom is 0.451 e. The van der Waals surface area contributed by atoms with Crippen molar-refractivity contribution in [2.45, 2.75) is 19.1 Å². The predicted molar refractivity (Wildman–Crippen MR) is 103 cm³/mol. The van der Waals surface area contributed by atoms with E-state index in [1.165, 1.54) is 6.07 Å². The van der Waals surface area contributed by atoms with Crippen molar-refractivity contribution >= 4 is 16.7 Å². The van der Waals surface area contributed by atoms with E-state index in [0.29, 0.717) is 42.9 Å². The lowest BCUT2D eigenvalue weighted by Gasteiger charge is -2.24. The van der Waals surface area contributed by atoms with Crippen molar-refractivity contribution in [3.63, 3.8) is 0 Å². The van der Waals surface area contributed by atoms with E-state index in [9.17, 15) is 17.6 Å². The summed E-state index contributed by atoms with van der Waals surface area (Å²) in [5.74, 6) is -1.07. The Morgan fingerprint density at radius 2 is 1.62 bits per heavy atom. The van der Waals surface area contributed by atoms with E-state index in [1.807, 2.05) is 4.90 Å². The number of para-hydroxylation sites is 1. The standard InChI is InChI=1S/C21H20F4N4/c22-17-8-3-1-6-15(17)14-28-10-5-11-29(13-12-28)19-16-7-2-4-9-18(16)26-20(27-19)21(23,24)25/h1-4,6-9H,5,10-14H2. The first kappa shape index (κ1) is 19.6. The molecule has 8 heteroatoms. The quantitative estimate of drug-likeness (QED) is 0.602. The number of hydrogen-bond acceptors (Lipinski definition) is 4. The molecule has 2 aromatic carbocycles. The van der Waals surface area contributed by atoms with E-state index >= 15 is 0 Å². The Balaban J connectivity index is 1.59. The number of fused-ring (bicyclic) bond motifs is 1. The fourth-order valence-corrected chi connectivity index (χ4v) is 3.64. The Hall–Kier alpha value is -2.74. The van der Waals surface area contributed by atoms with Gasteiger partial charge >= 0.3 is 6.18 Å². The predicted octanol–water partition coefficient (Wildman–Crippen LogP) is 4.50. The van der Waals surface area contributed by atoms with E-state index in [4.69, 9.17) is 0 Å². The first-order chi connectivity index (χ1) is 13.9. The Labute approximate surface area is 165 Å². The van der Waals surface area contributed by atoms with E-state index in [1.54, 1.807) is 42.5 Å². The number of aromatic nitrogens is 2. The summed E-state index contributed by atoms with van der Waals surface area (Å²) in [6.45, 7) is 2.89. The van der Waals surface area contributed by atoms with Crippen LogP contribution in [0.5, 0.6) is 0 Å². The Kier molecular flexibility index (Phi) is 5.36. The van der Waals surface area contributed by atoms with Gasteiger partial charge in [0.05, 0.1) is 5.52 Å². The molecule has 1 aromatic heterocycles. The van der Waals surface area contributed by atoms with Crippen molar-refractivity contribution in [1.29, 1.82) is 0 Å². The highest BCUT2D eigenvalue weighted by Crippen LogP contribution is 2.32. The Morgan fingerprint density at radius 1 is 0.862 bits per heavy atom. The number of anilines is 1. The minimum atomic E-state index is -4.61. The van der Waals surface area contributed by atoms with Crippen molar-refractivity contribution < 1.29 is 17.6 Å². The molecule has 1 saturated heterocycles. The van der Waals surface area contributed by atoms with Gasteiger partial charge < -0.3 is 4.90 Å². The molecule has 0 amide bonds. The van der Waals surface area contributed by atoms with Gasteiger partial charge in [0.15, 0.2) is 0 Å². The molecule has 4 nitrogen and oxygen atoms in total. The van der Waals surface area contributed by atoms with E-state index in [-0.39, 0.29) is 11.3 Å². The van der Waals surface area contributed by atoms with Gasteiger partial charge in [0.25, 0.3) is 0 Å². The van der Waals surface area contributed by atoms with E-state index in [2.05, 4.69) is 14.9 Å². The molecule has 29 heavy (non-hydrogen) atoms. The first-order valence-electron chi connectivity index (χ1n) is 9.46. The third-order valence-electron chi connectivity index (χ3n) is 5.08. The summed E-state index contributed by atoms with van der Waals surface area (Å²) in [4.78, 5) is 11.6. The molecule has 2 heterocycles. The van der Waals surface area contributed by atoms with Gasteiger partial charge in [-0.2, -0.15) is 13.2 Å². The average molecular weight is 404 g/mol. The molecule has 0 saturated carbocycles. The van der Waals surface area contributed by atoms with Crippen LogP contribution in [0.4, 0.5) is 23.4 Å². The minimum absolute atomic E-state index is 0.245. The third-order valence-corrected chi connectivity index (χ3v) is 5.08. The van der Waals surface area contributed by atoms with Crippen molar-refractivity contribution in [3.8, 4) is 0 Å². The third kappa shape index (κ3) is 4.32. The van der Waals surface area contributed by atoms with Gasteiger partial charge in [-0.15, -0.1) is 0 Å². The summed E-state index contributed by atoms with van der Waals surface area (Å²) in [6.07, 6.45) is -3.87. The van der Waals surface area contributed by atoms with Crippen LogP contribution in [-0.4, -0.2) is 41.0 Å². The van der Waals surface area contributed by atoms with Crippen molar-refractivity contribution in [3.05, 3.63) is 65.7 Å². The fourth-order valence-electron chi connectivity index (χ4n) is 3.64. The second kappa shape index (κ2) is 7.94. The van der Waals surface area contributed by atoms with E-state index < -0.39 is 12.0 Å². The highest BCUT2D eigenvalue weighted by molar-refractivity contribution is 5.89. The highest BCUT2D eigenvalue weighted by Gasteiger charge is 2.36. The molecular weight excluding hydrogens is 384 g/mol. The van der Waals surface area contributed by atoms with Gasteiger partial charge in [-0.05, 0) is 24.6 Å². The summed E-state index contributed by atoms with van der Waals surface area (Å²) < 4.78 is 53.9.